The van der Waals surface area contributed by atoms with Crippen molar-refractivity contribution in [3.63, 3.8) is 0 Å². The minimum absolute atomic E-state index is 0.336. The molecule has 2 aliphatic rings. The van der Waals surface area contributed by atoms with Crippen LogP contribution < -0.4 is 0 Å². The van der Waals surface area contributed by atoms with Crippen LogP contribution in [0.4, 0.5) is 0 Å². The Hall–Kier alpha value is -1.82. The van der Waals surface area contributed by atoms with Gasteiger partial charge in [-0.25, -0.2) is 11.4 Å². The van der Waals surface area contributed by atoms with Crippen LogP contribution in [0.15, 0.2) is 12.1 Å². The highest BCUT2D eigenvalue weighted by molar-refractivity contribution is 5.85. The largest absolute Gasteiger partial charge is 0.460 e. The SMILES string of the molecule is [C-]#[N+]C1(C(=O)OCC)Cc2cc3c(cc2C1)CCC3. The summed E-state index contributed by atoms with van der Waals surface area (Å²) in [4.78, 5) is 15.7. The van der Waals surface area contributed by atoms with Crippen LogP contribution in [-0.2, 0) is 35.2 Å². The maximum Gasteiger partial charge on any atom is 0.394 e. The molecule has 0 amide bonds. The lowest BCUT2D eigenvalue weighted by molar-refractivity contribution is -0.147. The highest BCUT2D eigenvalue weighted by atomic mass is 16.5. The normalized spacial score (nSPS) is 18.5. The summed E-state index contributed by atoms with van der Waals surface area (Å²) in [6.07, 6.45) is 4.51. The van der Waals surface area contributed by atoms with Crippen LogP contribution >= 0.6 is 0 Å². The molecule has 0 atom stereocenters. The van der Waals surface area contributed by atoms with Crippen molar-refractivity contribution in [3.8, 4) is 0 Å². The molecule has 0 radical (unpaired) electrons. The molecule has 1 aromatic carbocycles. The van der Waals surface area contributed by atoms with Gasteiger partial charge in [-0.3, -0.25) is 4.85 Å². The van der Waals surface area contributed by atoms with Gasteiger partial charge in [0.2, 0.25) is 0 Å². The monoisotopic (exact) mass is 255 g/mol. The van der Waals surface area contributed by atoms with E-state index in [1.54, 1.807) is 6.92 Å². The Labute approximate surface area is 113 Å². The van der Waals surface area contributed by atoms with E-state index < -0.39 is 5.54 Å². The fourth-order valence-corrected chi connectivity index (χ4v) is 3.28. The number of carbonyl (C=O) groups is 1. The zero-order chi connectivity index (χ0) is 13.5. The fourth-order valence-electron chi connectivity index (χ4n) is 3.28. The van der Waals surface area contributed by atoms with Crippen molar-refractivity contribution in [3.05, 3.63) is 45.8 Å². The van der Waals surface area contributed by atoms with Gasteiger partial charge < -0.3 is 4.74 Å². The maximum absolute atomic E-state index is 12.1. The number of fused-ring (bicyclic) bond motifs is 2. The molecule has 98 valence electrons. The van der Waals surface area contributed by atoms with Crippen LogP contribution in [0.1, 0.15) is 35.6 Å². The third-order valence-electron chi connectivity index (χ3n) is 4.25. The van der Waals surface area contributed by atoms with Gasteiger partial charge in [0.15, 0.2) is 0 Å². The maximum atomic E-state index is 12.1. The summed E-state index contributed by atoms with van der Waals surface area (Å²) in [7, 11) is 0. The van der Waals surface area contributed by atoms with Crippen molar-refractivity contribution in [2.45, 2.75) is 44.6 Å². The van der Waals surface area contributed by atoms with Crippen LogP contribution in [0.2, 0.25) is 0 Å². The number of hydrogen-bond donors (Lipinski definition) is 0. The zero-order valence-corrected chi connectivity index (χ0v) is 11.2. The summed E-state index contributed by atoms with van der Waals surface area (Å²) < 4.78 is 5.10. The molecule has 1 aromatic rings. The van der Waals surface area contributed by atoms with Gasteiger partial charge in [0, 0.05) is 0 Å². The van der Waals surface area contributed by atoms with Gasteiger partial charge in [0.1, 0.15) is 0 Å². The van der Waals surface area contributed by atoms with Gasteiger partial charge in [0.05, 0.1) is 19.4 Å². The minimum Gasteiger partial charge on any atom is -0.460 e. The molecule has 0 saturated carbocycles. The lowest BCUT2D eigenvalue weighted by atomic mass is 9.97. The molecule has 3 heteroatoms. The molecule has 0 aliphatic heterocycles. The van der Waals surface area contributed by atoms with Crippen LogP contribution in [0.25, 0.3) is 4.85 Å². The van der Waals surface area contributed by atoms with Crippen molar-refractivity contribution >= 4 is 5.97 Å². The molecule has 3 nitrogen and oxygen atoms in total. The zero-order valence-electron chi connectivity index (χ0n) is 11.2. The third kappa shape index (κ3) is 1.83. The van der Waals surface area contributed by atoms with Gasteiger partial charge in [-0.05, 0) is 48.4 Å². The first-order valence-corrected chi connectivity index (χ1v) is 6.88. The summed E-state index contributed by atoms with van der Waals surface area (Å²) in [6, 6.07) is 4.42. The molecule has 0 bridgehead atoms. The van der Waals surface area contributed by atoms with E-state index in [0.717, 1.165) is 12.8 Å². The van der Waals surface area contributed by atoms with Crippen molar-refractivity contribution in [2.75, 3.05) is 6.61 Å². The lowest BCUT2D eigenvalue weighted by Gasteiger charge is -2.13. The Kier molecular flexibility index (Phi) is 2.82. The Morgan fingerprint density at radius 2 is 1.84 bits per heavy atom. The van der Waals surface area contributed by atoms with E-state index in [1.165, 1.54) is 28.7 Å². The van der Waals surface area contributed by atoms with E-state index in [4.69, 9.17) is 11.3 Å². The Bertz CT molecular complexity index is 550. The number of ether oxygens (including phenoxy) is 1. The Balaban J connectivity index is 1.95. The predicted octanol–water partition coefficient (Wildman–Crippen LogP) is 2.50. The summed E-state index contributed by atoms with van der Waals surface area (Å²) in [5.74, 6) is -0.360. The van der Waals surface area contributed by atoms with E-state index in [9.17, 15) is 4.79 Å². The van der Waals surface area contributed by atoms with E-state index in [0.29, 0.717) is 19.4 Å². The number of hydrogen-bond acceptors (Lipinski definition) is 2. The first-order valence-electron chi connectivity index (χ1n) is 6.88. The summed E-state index contributed by atoms with van der Waals surface area (Å²) in [6.45, 7) is 9.54. The van der Waals surface area contributed by atoms with E-state index in [2.05, 4.69) is 17.0 Å². The molecule has 0 fully saturated rings. The van der Waals surface area contributed by atoms with Crippen molar-refractivity contribution in [1.29, 1.82) is 0 Å². The van der Waals surface area contributed by atoms with Gasteiger partial charge in [0.25, 0.3) is 0 Å². The number of carbonyl (C=O) groups excluding carboxylic acids is 1. The third-order valence-corrected chi connectivity index (χ3v) is 4.25. The topological polar surface area (TPSA) is 30.7 Å². The quantitative estimate of drug-likeness (QED) is 0.600. The van der Waals surface area contributed by atoms with Crippen molar-refractivity contribution < 1.29 is 9.53 Å². The average molecular weight is 255 g/mol. The molecule has 0 saturated heterocycles. The second-order valence-electron chi connectivity index (χ2n) is 5.46. The van der Waals surface area contributed by atoms with Gasteiger partial charge in [-0.2, -0.15) is 0 Å². The molecule has 19 heavy (non-hydrogen) atoms. The number of benzene rings is 1. The second kappa shape index (κ2) is 4.38. The predicted molar refractivity (Wildman–Crippen MR) is 71.8 cm³/mol. The van der Waals surface area contributed by atoms with Crippen LogP contribution in [0, 0.1) is 6.57 Å². The van der Waals surface area contributed by atoms with Gasteiger partial charge >= 0.3 is 11.5 Å². The van der Waals surface area contributed by atoms with Gasteiger partial charge in [-0.15, -0.1) is 0 Å². The van der Waals surface area contributed by atoms with Crippen molar-refractivity contribution in [1.82, 2.24) is 0 Å². The van der Waals surface area contributed by atoms with Gasteiger partial charge in [-0.1, -0.05) is 12.1 Å². The number of esters is 1. The average Bonchev–Trinajstić information content (AvgIpc) is 2.99. The first-order chi connectivity index (χ1) is 9.18. The second-order valence-corrected chi connectivity index (χ2v) is 5.46. The molecule has 0 aromatic heterocycles. The van der Waals surface area contributed by atoms with E-state index >= 15 is 0 Å². The van der Waals surface area contributed by atoms with Crippen molar-refractivity contribution in [2.24, 2.45) is 0 Å². The summed E-state index contributed by atoms with van der Waals surface area (Å²) in [5.41, 5.74) is 4.15. The first kappa shape index (κ1) is 12.2. The smallest absolute Gasteiger partial charge is 0.394 e. The Morgan fingerprint density at radius 3 is 2.32 bits per heavy atom. The molecule has 0 heterocycles. The number of nitrogens with zero attached hydrogens (tertiary/aromatic N) is 1. The van der Waals surface area contributed by atoms with Crippen LogP contribution in [-0.4, -0.2) is 18.1 Å². The molecule has 2 aliphatic carbocycles. The fraction of sp³-hybridized carbons (Fsp3) is 0.500. The van der Waals surface area contributed by atoms with Crippen LogP contribution in [0.5, 0.6) is 0 Å². The molecule has 0 N–H and O–H groups in total. The molecular formula is C16H17NO2. The number of aryl methyl sites for hydroxylation is 2. The molecule has 0 unspecified atom stereocenters. The van der Waals surface area contributed by atoms with E-state index in [-0.39, 0.29) is 5.97 Å². The minimum atomic E-state index is -1.01. The highest BCUT2D eigenvalue weighted by Crippen LogP contribution is 2.37. The van der Waals surface area contributed by atoms with E-state index in [1.807, 2.05) is 0 Å². The lowest BCUT2D eigenvalue weighted by Crippen LogP contribution is -2.37. The summed E-state index contributed by atoms with van der Waals surface area (Å²) in [5, 5.41) is 0. The molecular weight excluding hydrogens is 238 g/mol. The Morgan fingerprint density at radius 1 is 1.26 bits per heavy atom. The number of rotatable bonds is 2. The molecule has 3 rings (SSSR count). The van der Waals surface area contributed by atoms with Crippen LogP contribution in [0.3, 0.4) is 0 Å². The highest BCUT2D eigenvalue weighted by Gasteiger charge is 2.52. The standard InChI is InChI=1S/C16H17NO2/c1-3-19-15(18)16(17-2)9-13-7-11-5-4-6-12(11)8-14(13)10-16/h7-8H,3-6,9-10H2,1H3. The molecule has 0 spiro atoms. The summed E-state index contributed by atoms with van der Waals surface area (Å²) >= 11 is 0.